The predicted molar refractivity (Wildman–Crippen MR) is 64.4 cm³/mol. The van der Waals surface area contributed by atoms with Crippen LogP contribution in [-0.4, -0.2) is 12.5 Å². The van der Waals surface area contributed by atoms with Gasteiger partial charge in [-0.2, -0.15) is 0 Å². The fraction of sp³-hybridized carbons (Fsp3) is 0.308. The maximum atomic E-state index is 11.4. The highest BCUT2D eigenvalue weighted by Gasteiger charge is 2.10. The third-order valence-corrected chi connectivity index (χ3v) is 2.18. The van der Waals surface area contributed by atoms with Gasteiger partial charge in [0.05, 0.1) is 6.54 Å². The van der Waals surface area contributed by atoms with E-state index in [1.165, 1.54) is 0 Å². The van der Waals surface area contributed by atoms with E-state index in [9.17, 15) is 4.79 Å². The minimum absolute atomic E-state index is 0.0703. The zero-order valence-electron chi connectivity index (χ0n) is 9.36. The first-order valence-electron chi connectivity index (χ1n) is 5.21. The minimum atomic E-state index is -0.254. The van der Waals surface area contributed by atoms with Crippen molar-refractivity contribution in [2.75, 3.05) is 6.54 Å². The molecule has 3 N–H and O–H groups in total. The van der Waals surface area contributed by atoms with E-state index in [1.54, 1.807) is 6.92 Å². The van der Waals surface area contributed by atoms with E-state index in [0.29, 0.717) is 6.54 Å². The molecule has 3 heteroatoms. The quantitative estimate of drug-likeness (QED) is 0.743. The normalized spacial score (nSPS) is 11.1. The van der Waals surface area contributed by atoms with Crippen molar-refractivity contribution < 1.29 is 4.79 Å². The summed E-state index contributed by atoms with van der Waals surface area (Å²) in [7, 11) is 0. The SMILES string of the molecule is CC#CCNC(=O)CC(N)c1ccccc1. The molecule has 0 aliphatic rings. The number of amides is 1. The number of benzene rings is 1. The molecule has 84 valence electrons. The molecule has 0 aliphatic carbocycles. The molecule has 3 nitrogen and oxygen atoms in total. The molecular weight excluding hydrogens is 200 g/mol. The van der Waals surface area contributed by atoms with Crippen molar-refractivity contribution in [1.29, 1.82) is 0 Å². The van der Waals surface area contributed by atoms with Crippen molar-refractivity contribution >= 4 is 5.91 Å². The van der Waals surface area contributed by atoms with Gasteiger partial charge in [-0.05, 0) is 12.5 Å². The molecule has 1 atom stereocenters. The Kier molecular flexibility index (Phi) is 5.10. The van der Waals surface area contributed by atoms with Crippen LogP contribution < -0.4 is 11.1 Å². The van der Waals surface area contributed by atoms with Crippen LogP contribution in [0, 0.1) is 11.8 Å². The summed E-state index contributed by atoms with van der Waals surface area (Å²) in [4.78, 5) is 11.4. The maximum Gasteiger partial charge on any atom is 0.222 e. The lowest BCUT2D eigenvalue weighted by atomic mass is 10.0. The Morgan fingerprint density at radius 3 is 2.75 bits per heavy atom. The first-order chi connectivity index (χ1) is 7.74. The topological polar surface area (TPSA) is 55.1 Å². The van der Waals surface area contributed by atoms with Crippen LogP contribution >= 0.6 is 0 Å². The lowest BCUT2D eigenvalue weighted by Gasteiger charge is -2.10. The van der Waals surface area contributed by atoms with Crippen LogP contribution in [0.5, 0.6) is 0 Å². The third kappa shape index (κ3) is 4.16. The van der Waals surface area contributed by atoms with E-state index in [1.807, 2.05) is 30.3 Å². The van der Waals surface area contributed by atoms with E-state index in [4.69, 9.17) is 5.73 Å². The van der Waals surface area contributed by atoms with Gasteiger partial charge in [0.1, 0.15) is 0 Å². The molecule has 1 amide bonds. The number of hydrogen-bond donors (Lipinski definition) is 2. The molecule has 0 aliphatic heterocycles. The van der Waals surface area contributed by atoms with Crippen molar-refractivity contribution in [1.82, 2.24) is 5.32 Å². The second kappa shape index (κ2) is 6.65. The summed E-state index contributed by atoms with van der Waals surface area (Å²) in [6, 6.07) is 9.34. The lowest BCUT2D eigenvalue weighted by molar-refractivity contribution is -0.121. The molecule has 0 radical (unpaired) electrons. The summed E-state index contributed by atoms with van der Waals surface area (Å²) < 4.78 is 0. The van der Waals surface area contributed by atoms with E-state index < -0.39 is 0 Å². The second-order valence-corrected chi connectivity index (χ2v) is 3.42. The fourth-order valence-corrected chi connectivity index (χ4v) is 1.32. The average molecular weight is 216 g/mol. The Balaban J connectivity index is 2.41. The van der Waals surface area contributed by atoms with Gasteiger partial charge in [0, 0.05) is 12.5 Å². The third-order valence-electron chi connectivity index (χ3n) is 2.18. The van der Waals surface area contributed by atoms with Gasteiger partial charge < -0.3 is 11.1 Å². The molecule has 0 fully saturated rings. The Bertz CT molecular complexity index is 389. The Hall–Kier alpha value is -1.79. The number of rotatable bonds is 4. The number of carbonyl (C=O) groups excluding carboxylic acids is 1. The van der Waals surface area contributed by atoms with Crippen LogP contribution in [-0.2, 0) is 4.79 Å². The van der Waals surface area contributed by atoms with Gasteiger partial charge in [-0.15, -0.1) is 5.92 Å². The highest BCUT2D eigenvalue weighted by atomic mass is 16.1. The van der Waals surface area contributed by atoms with Crippen molar-refractivity contribution in [2.24, 2.45) is 5.73 Å². The molecule has 0 saturated carbocycles. The fourth-order valence-electron chi connectivity index (χ4n) is 1.32. The molecule has 1 aromatic rings. The van der Waals surface area contributed by atoms with Crippen LogP contribution in [0.15, 0.2) is 30.3 Å². The molecule has 1 aromatic carbocycles. The van der Waals surface area contributed by atoms with Crippen molar-refractivity contribution in [2.45, 2.75) is 19.4 Å². The Labute approximate surface area is 96.0 Å². The van der Waals surface area contributed by atoms with E-state index >= 15 is 0 Å². The summed E-state index contributed by atoms with van der Waals surface area (Å²) in [5.74, 6) is 5.41. The van der Waals surface area contributed by atoms with E-state index in [2.05, 4.69) is 17.2 Å². The molecular formula is C13H16N2O. The lowest BCUT2D eigenvalue weighted by Crippen LogP contribution is -2.27. The van der Waals surface area contributed by atoms with Gasteiger partial charge >= 0.3 is 0 Å². The van der Waals surface area contributed by atoms with Gasteiger partial charge in [-0.3, -0.25) is 4.79 Å². The molecule has 0 saturated heterocycles. The van der Waals surface area contributed by atoms with Crippen LogP contribution in [0.3, 0.4) is 0 Å². The second-order valence-electron chi connectivity index (χ2n) is 3.42. The molecule has 1 rings (SSSR count). The van der Waals surface area contributed by atoms with Crippen LogP contribution in [0.25, 0.3) is 0 Å². The summed E-state index contributed by atoms with van der Waals surface area (Å²) in [5.41, 5.74) is 6.87. The Morgan fingerprint density at radius 2 is 2.12 bits per heavy atom. The van der Waals surface area contributed by atoms with Gasteiger partial charge in [-0.1, -0.05) is 36.3 Å². The van der Waals surface area contributed by atoms with Gasteiger partial charge in [0.15, 0.2) is 0 Å². The number of hydrogen-bond acceptors (Lipinski definition) is 2. The minimum Gasteiger partial charge on any atom is -0.345 e. The van der Waals surface area contributed by atoms with E-state index in [-0.39, 0.29) is 18.4 Å². The van der Waals surface area contributed by atoms with Gasteiger partial charge in [0.25, 0.3) is 0 Å². The Morgan fingerprint density at radius 1 is 1.44 bits per heavy atom. The van der Waals surface area contributed by atoms with Crippen LogP contribution in [0.1, 0.15) is 24.9 Å². The van der Waals surface area contributed by atoms with Gasteiger partial charge in [-0.25, -0.2) is 0 Å². The number of carbonyl (C=O) groups is 1. The number of nitrogens with two attached hydrogens (primary N) is 1. The zero-order chi connectivity index (χ0) is 11.8. The summed E-state index contributed by atoms with van der Waals surface area (Å²) in [5, 5.41) is 2.69. The first kappa shape index (κ1) is 12.3. The zero-order valence-corrected chi connectivity index (χ0v) is 9.36. The van der Waals surface area contributed by atoms with Crippen molar-refractivity contribution in [3.63, 3.8) is 0 Å². The standard InChI is InChI=1S/C13H16N2O/c1-2-3-9-15-13(16)10-12(14)11-7-5-4-6-8-11/h4-8,12H,9-10,14H2,1H3,(H,15,16). The molecule has 0 spiro atoms. The molecule has 0 aromatic heterocycles. The largest absolute Gasteiger partial charge is 0.345 e. The summed E-state index contributed by atoms with van der Waals surface area (Å²) in [6.07, 6.45) is 0.287. The van der Waals surface area contributed by atoms with Crippen molar-refractivity contribution in [3.05, 3.63) is 35.9 Å². The molecule has 0 heterocycles. The highest BCUT2D eigenvalue weighted by molar-refractivity contribution is 5.77. The van der Waals surface area contributed by atoms with Gasteiger partial charge in [0.2, 0.25) is 5.91 Å². The summed E-state index contributed by atoms with van der Waals surface area (Å²) in [6.45, 7) is 2.12. The maximum absolute atomic E-state index is 11.4. The summed E-state index contributed by atoms with van der Waals surface area (Å²) >= 11 is 0. The van der Waals surface area contributed by atoms with Crippen LogP contribution in [0.4, 0.5) is 0 Å². The molecule has 0 bridgehead atoms. The van der Waals surface area contributed by atoms with E-state index in [0.717, 1.165) is 5.56 Å². The first-order valence-corrected chi connectivity index (χ1v) is 5.21. The average Bonchev–Trinajstić information content (AvgIpc) is 2.30. The smallest absolute Gasteiger partial charge is 0.222 e. The number of nitrogens with one attached hydrogen (secondary N) is 1. The predicted octanol–water partition coefficient (Wildman–Crippen LogP) is 1.22. The monoisotopic (exact) mass is 216 g/mol. The highest BCUT2D eigenvalue weighted by Crippen LogP contribution is 2.12. The van der Waals surface area contributed by atoms with Crippen LogP contribution in [0.2, 0.25) is 0 Å². The van der Waals surface area contributed by atoms with Crippen molar-refractivity contribution in [3.8, 4) is 11.8 Å². The molecule has 16 heavy (non-hydrogen) atoms. The molecule has 1 unspecified atom stereocenters.